The van der Waals surface area contributed by atoms with Crippen molar-refractivity contribution in [1.82, 2.24) is 9.29 Å². The van der Waals surface area contributed by atoms with E-state index in [1.54, 1.807) is 30.3 Å². The van der Waals surface area contributed by atoms with E-state index in [0.29, 0.717) is 38.3 Å². The van der Waals surface area contributed by atoms with E-state index in [0.717, 1.165) is 17.6 Å². The molecule has 0 unspecified atom stereocenters. The van der Waals surface area contributed by atoms with E-state index in [9.17, 15) is 21.6 Å². The second-order valence-electron chi connectivity index (χ2n) is 8.64. The molecule has 1 saturated heterocycles. The average molecular weight is 600 g/mol. The predicted octanol–water partition coefficient (Wildman–Crippen LogP) is 4.64. The molecule has 37 heavy (non-hydrogen) atoms. The molecule has 0 aliphatic carbocycles. The molecule has 1 fully saturated rings. The second-order valence-corrected chi connectivity index (χ2v) is 15.5. The lowest BCUT2D eigenvalue weighted by Gasteiger charge is -2.32. The Kier molecular flexibility index (Phi) is 7.20. The van der Waals surface area contributed by atoms with Gasteiger partial charge in [-0.05, 0) is 55.3 Å². The molecule has 0 radical (unpaired) electrons. The summed E-state index contributed by atoms with van der Waals surface area (Å²) in [5.41, 5.74) is 0.583. The van der Waals surface area contributed by atoms with Crippen LogP contribution in [-0.2, 0) is 31.2 Å². The van der Waals surface area contributed by atoms with Gasteiger partial charge in [0.05, 0.1) is 32.3 Å². The number of hydrogen-bond acceptors (Lipinski definition) is 9. The number of nitrogens with zero attached hydrogens (tertiary/aromatic N) is 3. The highest BCUT2D eigenvalue weighted by Gasteiger charge is 2.36. The highest BCUT2D eigenvalue weighted by Crippen LogP contribution is 2.35. The average Bonchev–Trinajstić information content (AvgIpc) is 3.62. The maximum Gasteiger partial charge on any atom is 0.252 e. The van der Waals surface area contributed by atoms with Gasteiger partial charge >= 0.3 is 0 Å². The Labute approximate surface area is 227 Å². The van der Waals surface area contributed by atoms with Crippen LogP contribution in [-0.4, -0.2) is 51.4 Å². The van der Waals surface area contributed by atoms with E-state index in [1.165, 1.54) is 38.9 Å². The van der Waals surface area contributed by atoms with E-state index in [-0.39, 0.29) is 34.6 Å². The number of sulfonamides is 1. The lowest BCUT2D eigenvalue weighted by atomic mass is 9.96. The molecule has 5 rings (SSSR count). The number of furan rings is 1. The van der Waals surface area contributed by atoms with Gasteiger partial charge in [-0.2, -0.15) is 4.31 Å². The summed E-state index contributed by atoms with van der Waals surface area (Å²) in [6.07, 6.45) is 3.38. The lowest BCUT2D eigenvalue weighted by Crippen LogP contribution is -2.44. The van der Waals surface area contributed by atoms with E-state index >= 15 is 0 Å². The quantitative estimate of drug-likeness (QED) is 0.304. The molecule has 4 heterocycles. The first kappa shape index (κ1) is 26.3. The Morgan fingerprint density at radius 3 is 2.51 bits per heavy atom. The maximum absolute atomic E-state index is 13.7. The van der Waals surface area contributed by atoms with Crippen molar-refractivity contribution in [3.05, 3.63) is 58.8 Å². The summed E-state index contributed by atoms with van der Waals surface area (Å²) in [7, 11) is -7.06. The monoisotopic (exact) mass is 599 g/mol. The minimum atomic E-state index is -3.67. The van der Waals surface area contributed by atoms with Gasteiger partial charge in [-0.25, -0.2) is 21.8 Å². The van der Waals surface area contributed by atoms with Crippen molar-refractivity contribution in [2.24, 2.45) is 5.92 Å². The Balaban J connectivity index is 1.39. The van der Waals surface area contributed by atoms with E-state index < -0.39 is 25.8 Å². The van der Waals surface area contributed by atoms with Crippen molar-refractivity contribution >= 4 is 75.4 Å². The number of fused-ring (bicyclic) bond motifs is 1. The smallest absolute Gasteiger partial charge is 0.252 e. The highest BCUT2D eigenvalue weighted by atomic mass is 35.5. The minimum Gasteiger partial charge on any atom is -0.467 e. The number of piperidine rings is 1. The van der Waals surface area contributed by atoms with Gasteiger partial charge in [0, 0.05) is 25.3 Å². The molecule has 0 N–H and O–H groups in total. The molecule has 9 nitrogen and oxygen atoms in total. The number of rotatable bonds is 7. The molecular formula is C23H22ClN3O6S4. The minimum absolute atomic E-state index is 0.150. The molecule has 3 aromatic heterocycles. The number of benzene rings is 1. The van der Waals surface area contributed by atoms with E-state index in [2.05, 4.69) is 4.98 Å². The van der Waals surface area contributed by atoms with Gasteiger partial charge < -0.3 is 4.42 Å². The molecule has 0 saturated carbocycles. The second kappa shape index (κ2) is 10.1. The van der Waals surface area contributed by atoms with Crippen LogP contribution >= 0.6 is 34.3 Å². The normalized spacial score (nSPS) is 15.8. The Hall–Kier alpha value is -2.29. The fourth-order valence-electron chi connectivity index (χ4n) is 4.16. The Morgan fingerprint density at radius 1 is 1.14 bits per heavy atom. The van der Waals surface area contributed by atoms with Gasteiger partial charge in [0.15, 0.2) is 15.0 Å². The summed E-state index contributed by atoms with van der Waals surface area (Å²) in [4.78, 5) is 20.0. The number of carbonyl (C=O) groups is 1. The third kappa shape index (κ3) is 5.47. The summed E-state index contributed by atoms with van der Waals surface area (Å²) >= 11 is 8.16. The Bertz CT molecular complexity index is 1650. The van der Waals surface area contributed by atoms with Gasteiger partial charge in [0.2, 0.25) is 5.91 Å². The van der Waals surface area contributed by atoms with Gasteiger partial charge in [0.1, 0.15) is 9.97 Å². The molecule has 1 amide bonds. The molecular weight excluding hydrogens is 578 g/mol. The largest absolute Gasteiger partial charge is 0.467 e. The summed E-state index contributed by atoms with van der Waals surface area (Å²) in [6.45, 7) is 0.567. The summed E-state index contributed by atoms with van der Waals surface area (Å²) in [6, 6.07) is 11.2. The molecule has 0 bridgehead atoms. The predicted molar refractivity (Wildman–Crippen MR) is 143 cm³/mol. The van der Waals surface area contributed by atoms with Crippen LogP contribution < -0.4 is 4.90 Å². The third-order valence-electron chi connectivity index (χ3n) is 6.11. The van der Waals surface area contributed by atoms with Crippen LogP contribution in [0, 0.1) is 5.92 Å². The zero-order valence-corrected chi connectivity index (χ0v) is 23.6. The van der Waals surface area contributed by atoms with Crippen LogP contribution in [0.4, 0.5) is 5.13 Å². The maximum atomic E-state index is 13.7. The first-order chi connectivity index (χ1) is 17.5. The zero-order chi connectivity index (χ0) is 26.4. The first-order valence-corrected chi connectivity index (χ1v) is 16.6. The van der Waals surface area contributed by atoms with E-state index in [1.807, 2.05) is 0 Å². The van der Waals surface area contributed by atoms with Gasteiger partial charge in [-0.15, -0.1) is 11.3 Å². The number of aromatic nitrogens is 1. The third-order valence-corrected chi connectivity index (χ3v) is 11.9. The SMILES string of the molecule is CS(=O)(=O)c1ccc2nc(N(Cc3ccco3)C(=O)C3CCN(S(=O)(=O)c4ccc(Cl)s4)CC3)sc2c1. The van der Waals surface area contributed by atoms with Crippen LogP contribution in [0.15, 0.2) is 62.2 Å². The van der Waals surface area contributed by atoms with Crippen LogP contribution in [0.25, 0.3) is 10.2 Å². The van der Waals surface area contributed by atoms with Crippen LogP contribution in [0.5, 0.6) is 0 Å². The lowest BCUT2D eigenvalue weighted by molar-refractivity contribution is -0.123. The van der Waals surface area contributed by atoms with Crippen LogP contribution in [0.2, 0.25) is 4.34 Å². The number of carbonyl (C=O) groups excluding carboxylic acids is 1. The molecule has 14 heteroatoms. The van der Waals surface area contributed by atoms with Gasteiger partial charge in [-0.1, -0.05) is 22.9 Å². The topological polar surface area (TPSA) is 118 Å². The number of anilines is 1. The number of hydrogen-bond donors (Lipinski definition) is 0. The van der Waals surface area contributed by atoms with Crippen molar-refractivity contribution in [2.75, 3.05) is 24.2 Å². The van der Waals surface area contributed by atoms with Crippen molar-refractivity contribution in [3.63, 3.8) is 0 Å². The number of thiazole rings is 1. The fraction of sp³-hybridized carbons (Fsp3) is 0.304. The zero-order valence-electron chi connectivity index (χ0n) is 19.5. The van der Waals surface area contributed by atoms with Crippen molar-refractivity contribution in [3.8, 4) is 0 Å². The summed E-state index contributed by atoms with van der Waals surface area (Å²) in [5.74, 6) is -0.0269. The number of halogens is 1. The number of sulfone groups is 1. The fourth-order valence-corrected chi connectivity index (χ4v) is 9.00. The molecule has 196 valence electrons. The van der Waals surface area contributed by atoms with Gasteiger partial charge in [-0.3, -0.25) is 9.69 Å². The molecule has 1 aliphatic rings. The summed E-state index contributed by atoms with van der Waals surface area (Å²) in [5, 5.41) is 0.422. The van der Waals surface area contributed by atoms with Gasteiger partial charge in [0.25, 0.3) is 10.0 Å². The Morgan fingerprint density at radius 2 is 1.89 bits per heavy atom. The van der Waals surface area contributed by atoms with Crippen molar-refractivity contribution in [2.45, 2.75) is 28.5 Å². The number of amides is 1. The van der Waals surface area contributed by atoms with Crippen molar-refractivity contribution in [1.29, 1.82) is 0 Å². The first-order valence-electron chi connectivity index (χ1n) is 11.2. The standard InChI is InChI=1S/C23H22ClN3O6S4/c1-36(29,30)17-4-5-18-19(13-17)34-23(25-18)27(14-16-3-2-12-33-16)22(28)15-8-10-26(11-9-15)37(31,32)21-7-6-20(24)35-21/h2-7,12-13,15H,8-11,14H2,1H3. The highest BCUT2D eigenvalue weighted by molar-refractivity contribution is 7.91. The van der Waals surface area contributed by atoms with Crippen molar-refractivity contribution < 1.29 is 26.0 Å². The molecule has 0 atom stereocenters. The number of thiophene rings is 1. The van der Waals surface area contributed by atoms with Crippen LogP contribution in [0.1, 0.15) is 18.6 Å². The molecule has 1 aromatic carbocycles. The molecule has 0 spiro atoms. The van der Waals surface area contributed by atoms with E-state index in [4.69, 9.17) is 16.0 Å². The molecule has 4 aromatic rings. The van der Waals surface area contributed by atoms with Crippen LogP contribution in [0.3, 0.4) is 0 Å². The molecule has 1 aliphatic heterocycles. The summed E-state index contributed by atoms with van der Waals surface area (Å²) < 4.78 is 58.0.